The Balaban J connectivity index is 1.96. The third-order valence-corrected chi connectivity index (χ3v) is 4.78. The van der Waals surface area contributed by atoms with E-state index >= 15 is 0 Å². The van der Waals surface area contributed by atoms with Gasteiger partial charge in [-0.3, -0.25) is 9.79 Å². The zero-order valence-electron chi connectivity index (χ0n) is 14.6. The van der Waals surface area contributed by atoms with Crippen molar-refractivity contribution in [2.75, 3.05) is 11.9 Å². The molecule has 148 valence electrons. The second-order valence-corrected chi connectivity index (χ2v) is 7.14. The lowest BCUT2D eigenvalue weighted by atomic mass is 9.89. The number of nitrogens with zero attached hydrogens (tertiary/aromatic N) is 2. The van der Waals surface area contributed by atoms with Crippen molar-refractivity contribution in [3.05, 3.63) is 58.1 Å². The third-order valence-electron chi connectivity index (χ3n) is 4.31. The predicted octanol–water partition coefficient (Wildman–Crippen LogP) is 3.47. The maximum atomic E-state index is 14.5. The number of benzene rings is 1. The van der Waals surface area contributed by atoms with Gasteiger partial charge in [-0.25, -0.2) is 18.2 Å². The Bertz CT molecular complexity index is 924. The average molecular weight is 457 g/mol. The first-order valence-corrected chi connectivity index (χ1v) is 9.00. The molecule has 1 aromatic carbocycles. The van der Waals surface area contributed by atoms with E-state index in [2.05, 4.69) is 31.2 Å². The van der Waals surface area contributed by atoms with Crippen molar-refractivity contribution in [1.82, 2.24) is 4.98 Å². The van der Waals surface area contributed by atoms with Crippen molar-refractivity contribution in [3.63, 3.8) is 0 Å². The average Bonchev–Trinajstić information content (AvgIpc) is 2.66. The lowest BCUT2D eigenvalue weighted by molar-refractivity contribution is -0.0340. The zero-order valence-corrected chi connectivity index (χ0v) is 16.2. The van der Waals surface area contributed by atoms with Crippen LogP contribution in [-0.2, 0) is 10.3 Å². The molecule has 0 unspecified atom stereocenters. The van der Waals surface area contributed by atoms with Crippen LogP contribution in [0, 0.1) is 5.82 Å². The van der Waals surface area contributed by atoms with Gasteiger partial charge >= 0.3 is 0 Å². The fourth-order valence-electron chi connectivity index (χ4n) is 2.70. The number of nitrogens with one attached hydrogen (secondary N) is 1. The highest BCUT2D eigenvalue weighted by Gasteiger charge is 2.47. The summed E-state index contributed by atoms with van der Waals surface area (Å²) in [6.07, 6.45) is -2.29. The molecule has 6 nitrogen and oxygen atoms in total. The van der Waals surface area contributed by atoms with Crippen LogP contribution in [-0.4, -0.2) is 35.9 Å². The number of nitrogens with two attached hydrogens (primary N) is 1. The van der Waals surface area contributed by atoms with Crippen LogP contribution in [0.15, 0.2) is 46.0 Å². The van der Waals surface area contributed by atoms with Crippen LogP contribution in [0.25, 0.3) is 0 Å². The number of carbonyl (C=O) groups excluding carboxylic acids is 1. The van der Waals surface area contributed by atoms with E-state index in [4.69, 9.17) is 10.5 Å². The number of halogens is 4. The number of anilines is 1. The minimum Gasteiger partial charge on any atom is -0.385 e. The normalized spacial score (nSPS) is 22.1. The van der Waals surface area contributed by atoms with Gasteiger partial charge in [0.1, 0.15) is 23.5 Å². The summed E-state index contributed by atoms with van der Waals surface area (Å²) in [5.74, 6) is -1.64. The van der Waals surface area contributed by atoms with Gasteiger partial charge in [-0.15, -0.1) is 0 Å². The van der Waals surface area contributed by atoms with E-state index in [0.717, 1.165) is 12.1 Å². The predicted molar refractivity (Wildman–Crippen MR) is 101 cm³/mol. The minimum atomic E-state index is -3.08. The molecule has 1 aliphatic heterocycles. The number of pyridine rings is 1. The van der Waals surface area contributed by atoms with Crippen molar-refractivity contribution in [1.29, 1.82) is 0 Å². The van der Waals surface area contributed by atoms with E-state index in [9.17, 15) is 18.0 Å². The van der Waals surface area contributed by atoms with Gasteiger partial charge < -0.3 is 15.8 Å². The zero-order chi connectivity index (χ0) is 20.5. The van der Waals surface area contributed by atoms with Crippen LogP contribution in [0.4, 0.5) is 18.9 Å². The lowest BCUT2D eigenvalue weighted by Gasteiger charge is -2.35. The number of hydrogen-bond acceptors (Lipinski definition) is 5. The van der Waals surface area contributed by atoms with E-state index in [1.807, 2.05) is 0 Å². The first-order valence-electron chi connectivity index (χ1n) is 8.21. The summed E-state index contributed by atoms with van der Waals surface area (Å²) in [5.41, 5.74) is 3.18. The van der Waals surface area contributed by atoms with Crippen molar-refractivity contribution in [2.45, 2.75) is 25.0 Å². The van der Waals surface area contributed by atoms with Gasteiger partial charge in [0.05, 0.1) is 6.61 Å². The second kappa shape index (κ2) is 7.88. The number of rotatable bonds is 4. The van der Waals surface area contributed by atoms with Crippen molar-refractivity contribution in [2.24, 2.45) is 10.7 Å². The van der Waals surface area contributed by atoms with Crippen LogP contribution in [0.3, 0.4) is 0 Å². The monoisotopic (exact) mass is 456 g/mol. The Labute approximate surface area is 167 Å². The molecule has 3 N–H and O–H groups in total. The number of aliphatic imine (C=N–C) groups is 1. The van der Waals surface area contributed by atoms with Crippen LogP contribution < -0.4 is 11.1 Å². The number of carbonyl (C=O) groups is 1. The summed E-state index contributed by atoms with van der Waals surface area (Å²) in [4.78, 5) is 20.1. The number of amidine groups is 1. The summed E-state index contributed by atoms with van der Waals surface area (Å²) in [5, 5.41) is 2.51. The quantitative estimate of drug-likeness (QED) is 0.736. The van der Waals surface area contributed by atoms with Crippen LogP contribution >= 0.6 is 15.9 Å². The fraction of sp³-hybridized carbons (Fsp3) is 0.278. The fourth-order valence-corrected chi connectivity index (χ4v) is 2.93. The molecule has 0 aliphatic carbocycles. The molecule has 0 radical (unpaired) electrons. The molecule has 2 aromatic rings. The van der Waals surface area contributed by atoms with Crippen molar-refractivity contribution in [3.8, 4) is 0 Å². The topological polar surface area (TPSA) is 89.6 Å². The molecule has 28 heavy (non-hydrogen) atoms. The summed E-state index contributed by atoms with van der Waals surface area (Å²) in [6.45, 7) is 1.02. The second-order valence-electron chi connectivity index (χ2n) is 6.23. The van der Waals surface area contributed by atoms with E-state index in [1.165, 1.54) is 18.3 Å². The SMILES string of the molecule is C[C@H]1OC[C@](c2cc(NC(=O)c3ccc(Br)cn3)ccc2F)(C(F)F)N=C1N. The Hall–Kier alpha value is -2.46. The molecule has 1 aliphatic rings. The molecule has 0 bridgehead atoms. The molecule has 0 fully saturated rings. The molecule has 0 spiro atoms. The van der Waals surface area contributed by atoms with Gasteiger partial charge in [-0.05, 0) is 53.2 Å². The van der Waals surface area contributed by atoms with Gasteiger partial charge in [0.25, 0.3) is 12.3 Å². The van der Waals surface area contributed by atoms with E-state index in [1.54, 1.807) is 13.0 Å². The number of ether oxygens (including phenoxy) is 1. The molecule has 0 saturated heterocycles. The highest BCUT2D eigenvalue weighted by molar-refractivity contribution is 9.10. The largest absolute Gasteiger partial charge is 0.385 e. The summed E-state index contributed by atoms with van der Waals surface area (Å²) in [7, 11) is 0. The summed E-state index contributed by atoms with van der Waals surface area (Å²) in [6, 6.07) is 6.45. The first kappa shape index (κ1) is 20.3. The highest BCUT2D eigenvalue weighted by Crippen LogP contribution is 2.38. The Morgan fingerprint density at radius 2 is 2.14 bits per heavy atom. The van der Waals surface area contributed by atoms with Gasteiger partial charge in [-0.2, -0.15) is 0 Å². The van der Waals surface area contributed by atoms with Gasteiger partial charge in [0, 0.05) is 21.9 Å². The first-order chi connectivity index (χ1) is 13.2. The molecule has 0 saturated carbocycles. The summed E-state index contributed by atoms with van der Waals surface area (Å²) < 4.78 is 48.3. The number of alkyl halides is 2. The molecule has 3 rings (SSSR count). The Morgan fingerprint density at radius 3 is 2.75 bits per heavy atom. The number of aromatic nitrogens is 1. The van der Waals surface area contributed by atoms with Gasteiger partial charge in [0.2, 0.25) is 0 Å². The minimum absolute atomic E-state index is 0.106. The molecular weight excluding hydrogens is 441 g/mol. The number of hydrogen-bond donors (Lipinski definition) is 2. The molecule has 1 aromatic heterocycles. The van der Waals surface area contributed by atoms with E-state index < -0.39 is 42.0 Å². The van der Waals surface area contributed by atoms with E-state index in [-0.39, 0.29) is 17.2 Å². The Kier molecular flexibility index (Phi) is 5.71. The van der Waals surface area contributed by atoms with Crippen LogP contribution in [0.5, 0.6) is 0 Å². The van der Waals surface area contributed by atoms with Crippen molar-refractivity contribution >= 4 is 33.4 Å². The van der Waals surface area contributed by atoms with Gasteiger partial charge in [-0.1, -0.05) is 0 Å². The molecule has 2 atom stereocenters. The third kappa shape index (κ3) is 3.88. The summed E-state index contributed by atoms with van der Waals surface area (Å²) >= 11 is 3.21. The van der Waals surface area contributed by atoms with Crippen molar-refractivity contribution < 1.29 is 22.7 Å². The maximum Gasteiger partial charge on any atom is 0.274 e. The molecule has 10 heteroatoms. The standard InChI is InChI=1S/C18H16BrF3N4O2/c1-9-15(23)26-18(8-28-9,17(21)22)12-6-11(3-4-13(12)20)25-16(27)14-5-2-10(19)7-24-14/h2-7,9,17H,8H2,1H3,(H2,23,26)(H,25,27)/t9-,18+/m1/s1. The maximum absolute atomic E-state index is 14.5. The van der Waals surface area contributed by atoms with Gasteiger partial charge in [0.15, 0.2) is 5.54 Å². The molecule has 2 heterocycles. The number of amides is 1. The van der Waals surface area contributed by atoms with E-state index in [0.29, 0.717) is 4.47 Å². The van der Waals surface area contributed by atoms with Crippen LogP contribution in [0.1, 0.15) is 23.0 Å². The highest BCUT2D eigenvalue weighted by atomic mass is 79.9. The molecule has 1 amide bonds. The smallest absolute Gasteiger partial charge is 0.274 e. The van der Waals surface area contributed by atoms with Crippen LogP contribution in [0.2, 0.25) is 0 Å². The Morgan fingerprint density at radius 1 is 1.39 bits per heavy atom. The molecular formula is C18H16BrF3N4O2. The lowest BCUT2D eigenvalue weighted by Crippen LogP contribution is -2.48.